The summed E-state index contributed by atoms with van der Waals surface area (Å²) in [5, 5.41) is 8.74. The van der Waals surface area contributed by atoms with E-state index in [4.69, 9.17) is 10.00 Å². The molecular formula is C13H17NO. The second-order valence-electron chi connectivity index (χ2n) is 4.31. The smallest absolute Gasteiger partial charge is 0.123 e. The highest BCUT2D eigenvalue weighted by Gasteiger charge is 2.17. The van der Waals surface area contributed by atoms with Crippen molar-refractivity contribution < 1.29 is 4.74 Å². The molecule has 2 nitrogen and oxygen atoms in total. The van der Waals surface area contributed by atoms with Gasteiger partial charge in [0.15, 0.2) is 0 Å². The van der Waals surface area contributed by atoms with E-state index in [2.05, 4.69) is 26.8 Å². The SMILES string of the molecule is CCC(C)(C)Oc1ccc(C#N)cc1C. The molecule has 0 amide bonds. The lowest BCUT2D eigenvalue weighted by Crippen LogP contribution is -2.27. The van der Waals surface area contributed by atoms with Crippen LogP contribution in [0.15, 0.2) is 18.2 Å². The number of rotatable bonds is 3. The first kappa shape index (κ1) is 11.6. The van der Waals surface area contributed by atoms with E-state index in [1.54, 1.807) is 6.07 Å². The van der Waals surface area contributed by atoms with E-state index in [0.717, 1.165) is 17.7 Å². The molecule has 0 aliphatic rings. The molecule has 0 spiro atoms. The molecule has 0 aromatic heterocycles. The molecule has 0 aliphatic heterocycles. The Morgan fingerprint density at radius 1 is 1.40 bits per heavy atom. The summed E-state index contributed by atoms with van der Waals surface area (Å²) in [5.41, 5.74) is 1.53. The highest BCUT2D eigenvalue weighted by atomic mass is 16.5. The van der Waals surface area contributed by atoms with Gasteiger partial charge >= 0.3 is 0 Å². The maximum atomic E-state index is 8.74. The predicted octanol–water partition coefficient (Wildman–Crippen LogP) is 3.43. The van der Waals surface area contributed by atoms with Gasteiger partial charge in [-0.15, -0.1) is 0 Å². The van der Waals surface area contributed by atoms with E-state index in [1.807, 2.05) is 19.1 Å². The molecule has 0 bridgehead atoms. The molecule has 0 fully saturated rings. The largest absolute Gasteiger partial charge is 0.488 e. The third kappa shape index (κ3) is 2.99. The molecule has 80 valence electrons. The van der Waals surface area contributed by atoms with E-state index < -0.39 is 0 Å². The average Bonchev–Trinajstić information content (AvgIpc) is 2.21. The van der Waals surface area contributed by atoms with Gasteiger partial charge in [0.25, 0.3) is 0 Å². The van der Waals surface area contributed by atoms with Gasteiger partial charge in [-0.3, -0.25) is 0 Å². The summed E-state index contributed by atoms with van der Waals surface area (Å²) < 4.78 is 5.87. The van der Waals surface area contributed by atoms with Gasteiger partial charge in [0.2, 0.25) is 0 Å². The lowest BCUT2D eigenvalue weighted by atomic mass is 10.1. The van der Waals surface area contributed by atoms with Crippen LogP contribution < -0.4 is 4.74 Å². The molecule has 0 atom stereocenters. The van der Waals surface area contributed by atoms with Crippen molar-refractivity contribution in [2.75, 3.05) is 0 Å². The van der Waals surface area contributed by atoms with Crippen LogP contribution in [0.1, 0.15) is 38.3 Å². The minimum Gasteiger partial charge on any atom is -0.488 e. The minimum atomic E-state index is -0.154. The van der Waals surface area contributed by atoms with E-state index >= 15 is 0 Å². The Balaban J connectivity index is 2.93. The first-order valence-electron chi connectivity index (χ1n) is 5.18. The number of nitrogens with zero attached hydrogens (tertiary/aromatic N) is 1. The monoisotopic (exact) mass is 203 g/mol. The number of ether oxygens (including phenoxy) is 1. The molecule has 1 rings (SSSR count). The van der Waals surface area contributed by atoms with Crippen molar-refractivity contribution in [3.8, 4) is 11.8 Å². The van der Waals surface area contributed by atoms with Gasteiger partial charge in [0, 0.05) is 0 Å². The van der Waals surface area contributed by atoms with Gasteiger partial charge in [-0.1, -0.05) is 6.92 Å². The standard InChI is InChI=1S/C13H17NO/c1-5-13(3,4)15-12-7-6-11(9-14)8-10(12)2/h6-8H,5H2,1-4H3. The minimum absolute atomic E-state index is 0.154. The molecule has 15 heavy (non-hydrogen) atoms. The van der Waals surface area contributed by atoms with Crippen LogP contribution in [0.2, 0.25) is 0 Å². The van der Waals surface area contributed by atoms with Crippen molar-refractivity contribution in [2.45, 2.75) is 39.7 Å². The second-order valence-corrected chi connectivity index (χ2v) is 4.31. The van der Waals surface area contributed by atoms with Crippen LogP contribution in [0.25, 0.3) is 0 Å². The first-order chi connectivity index (χ1) is 6.98. The number of benzene rings is 1. The fourth-order valence-corrected chi connectivity index (χ4v) is 1.20. The van der Waals surface area contributed by atoms with Crippen molar-refractivity contribution in [1.29, 1.82) is 5.26 Å². The number of nitriles is 1. The van der Waals surface area contributed by atoms with Crippen LogP contribution in [-0.4, -0.2) is 5.60 Å². The molecule has 0 radical (unpaired) electrons. The van der Waals surface area contributed by atoms with Crippen LogP contribution in [0, 0.1) is 18.3 Å². The van der Waals surface area contributed by atoms with E-state index in [-0.39, 0.29) is 5.60 Å². The molecule has 0 saturated carbocycles. The van der Waals surface area contributed by atoms with Crippen molar-refractivity contribution in [3.63, 3.8) is 0 Å². The van der Waals surface area contributed by atoms with E-state index in [1.165, 1.54) is 0 Å². The van der Waals surface area contributed by atoms with E-state index in [0.29, 0.717) is 5.56 Å². The zero-order valence-corrected chi connectivity index (χ0v) is 9.79. The zero-order valence-electron chi connectivity index (χ0n) is 9.79. The van der Waals surface area contributed by atoms with Crippen molar-refractivity contribution >= 4 is 0 Å². The summed E-state index contributed by atoms with van der Waals surface area (Å²) >= 11 is 0. The molecule has 0 N–H and O–H groups in total. The van der Waals surface area contributed by atoms with Crippen LogP contribution >= 0.6 is 0 Å². The fourth-order valence-electron chi connectivity index (χ4n) is 1.20. The average molecular weight is 203 g/mol. The third-order valence-electron chi connectivity index (χ3n) is 2.54. The molecular weight excluding hydrogens is 186 g/mol. The Hall–Kier alpha value is -1.49. The van der Waals surface area contributed by atoms with Gasteiger partial charge in [0.1, 0.15) is 11.4 Å². The number of hydrogen-bond donors (Lipinski definition) is 0. The van der Waals surface area contributed by atoms with Crippen LogP contribution in [0.4, 0.5) is 0 Å². The summed E-state index contributed by atoms with van der Waals surface area (Å²) in [6.45, 7) is 8.18. The quantitative estimate of drug-likeness (QED) is 0.754. The fraction of sp³-hybridized carbons (Fsp3) is 0.462. The maximum absolute atomic E-state index is 8.74. The van der Waals surface area contributed by atoms with Crippen molar-refractivity contribution in [3.05, 3.63) is 29.3 Å². The number of aryl methyl sites for hydroxylation is 1. The van der Waals surface area contributed by atoms with Gasteiger partial charge in [-0.25, -0.2) is 0 Å². The lowest BCUT2D eigenvalue weighted by molar-refractivity contribution is 0.104. The first-order valence-corrected chi connectivity index (χ1v) is 5.18. The maximum Gasteiger partial charge on any atom is 0.123 e. The summed E-state index contributed by atoms with van der Waals surface area (Å²) in [6.07, 6.45) is 0.951. The van der Waals surface area contributed by atoms with Crippen molar-refractivity contribution in [2.24, 2.45) is 0 Å². The Bertz CT molecular complexity index is 388. The normalized spacial score (nSPS) is 10.9. The molecule has 0 heterocycles. The van der Waals surface area contributed by atoms with E-state index in [9.17, 15) is 0 Å². The van der Waals surface area contributed by atoms with Gasteiger partial charge in [-0.2, -0.15) is 5.26 Å². The third-order valence-corrected chi connectivity index (χ3v) is 2.54. The van der Waals surface area contributed by atoms with Crippen molar-refractivity contribution in [1.82, 2.24) is 0 Å². The predicted molar refractivity (Wildman–Crippen MR) is 60.9 cm³/mol. The summed E-state index contributed by atoms with van der Waals surface area (Å²) in [4.78, 5) is 0. The molecule has 0 saturated heterocycles. The van der Waals surface area contributed by atoms with Crippen LogP contribution in [-0.2, 0) is 0 Å². The molecule has 1 aromatic rings. The molecule has 0 unspecified atom stereocenters. The Morgan fingerprint density at radius 2 is 2.07 bits per heavy atom. The highest BCUT2D eigenvalue weighted by Crippen LogP contribution is 2.25. The lowest BCUT2D eigenvalue weighted by Gasteiger charge is -2.25. The van der Waals surface area contributed by atoms with Crippen LogP contribution in [0.3, 0.4) is 0 Å². The Labute approximate surface area is 91.5 Å². The van der Waals surface area contributed by atoms with Gasteiger partial charge < -0.3 is 4.74 Å². The molecule has 0 aliphatic carbocycles. The summed E-state index contributed by atoms with van der Waals surface area (Å²) in [5.74, 6) is 0.862. The van der Waals surface area contributed by atoms with Gasteiger partial charge in [-0.05, 0) is 51.0 Å². The van der Waals surface area contributed by atoms with Crippen LogP contribution in [0.5, 0.6) is 5.75 Å². The topological polar surface area (TPSA) is 33.0 Å². The zero-order chi connectivity index (χ0) is 11.5. The highest BCUT2D eigenvalue weighted by molar-refractivity contribution is 5.41. The Kier molecular flexibility index (Phi) is 3.36. The molecule has 2 heteroatoms. The second kappa shape index (κ2) is 4.35. The number of hydrogen-bond acceptors (Lipinski definition) is 2. The summed E-state index contributed by atoms with van der Waals surface area (Å²) in [7, 11) is 0. The Morgan fingerprint density at radius 3 is 2.53 bits per heavy atom. The summed E-state index contributed by atoms with van der Waals surface area (Å²) in [6, 6.07) is 7.62. The molecule has 1 aromatic carbocycles. The van der Waals surface area contributed by atoms with Gasteiger partial charge in [0.05, 0.1) is 11.6 Å².